The molecular weight excluding hydrogens is 400 g/mol. The molecule has 7 nitrogen and oxygen atoms in total. The van der Waals surface area contributed by atoms with E-state index >= 15 is 0 Å². The van der Waals surface area contributed by atoms with Crippen molar-refractivity contribution in [3.8, 4) is 0 Å². The fraction of sp³-hybridized carbons (Fsp3) is 0.833. The summed E-state index contributed by atoms with van der Waals surface area (Å²) < 4.78 is 34.0. The van der Waals surface area contributed by atoms with Gasteiger partial charge in [-0.1, -0.05) is 32.1 Å². The van der Waals surface area contributed by atoms with E-state index in [1.54, 1.807) is 28.4 Å². The average molecular weight is 445 g/mol. The van der Waals surface area contributed by atoms with Crippen LogP contribution in [-0.4, -0.2) is 83.6 Å². The largest absolute Gasteiger partial charge is 0.400 e. The molecule has 7 heteroatoms. The summed E-state index contributed by atoms with van der Waals surface area (Å²) in [6.07, 6.45) is 10.5. The van der Waals surface area contributed by atoms with Crippen LogP contribution in [0, 0.1) is 5.92 Å². The van der Waals surface area contributed by atoms with Gasteiger partial charge in [-0.05, 0) is 31.8 Å². The van der Waals surface area contributed by atoms with Crippen molar-refractivity contribution < 1.29 is 33.5 Å². The number of methoxy groups -OCH3 is 4. The molecule has 8 unspecified atom stereocenters. The summed E-state index contributed by atoms with van der Waals surface area (Å²) in [6.45, 7) is 6.45. The predicted molar refractivity (Wildman–Crippen MR) is 121 cm³/mol. The first-order valence-electron chi connectivity index (χ1n) is 11.2. The Hall–Kier alpha value is -0.800. The summed E-state index contributed by atoms with van der Waals surface area (Å²) in [5, 5.41) is 7.00. The Morgan fingerprint density at radius 2 is 1.74 bits per heavy atom. The molecule has 0 aromatic heterocycles. The zero-order valence-corrected chi connectivity index (χ0v) is 20.6. The Labute approximate surface area is 188 Å². The summed E-state index contributed by atoms with van der Waals surface area (Å²) in [4.78, 5) is 0. The van der Waals surface area contributed by atoms with Gasteiger partial charge >= 0.3 is 0 Å². The van der Waals surface area contributed by atoms with Crippen LogP contribution in [0.1, 0.15) is 46.5 Å². The fourth-order valence-electron chi connectivity index (χ4n) is 4.31. The second-order valence-electron chi connectivity index (χ2n) is 8.04. The number of allylic oxidation sites excluding steroid dienone is 3. The zero-order chi connectivity index (χ0) is 23.4. The van der Waals surface area contributed by atoms with E-state index in [4.69, 9.17) is 33.5 Å². The maximum Gasteiger partial charge on any atom is 0.184 e. The molecule has 0 saturated carbocycles. The molecule has 0 radical (unpaired) electrons. The quantitative estimate of drug-likeness (QED) is 0.365. The molecule has 2 fully saturated rings. The van der Waals surface area contributed by atoms with E-state index < -0.39 is 0 Å². The van der Waals surface area contributed by atoms with Crippen molar-refractivity contribution >= 4 is 0 Å². The number of ether oxygens (including phenoxy) is 6. The van der Waals surface area contributed by atoms with Gasteiger partial charge in [0.2, 0.25) is 0 Å². The predicted octanol–water partition coefficient (Wildman–Crippen LogP) is 3.50. The number of rotatable bonds is 12. The minimum absolute atomic E-state index is 0.0506. The lowest BCUT2D eigenvalue weighted by atomic mass is 9.95. The minimum atomic E-state index is -0.381. The first-order valence-corrected chi connectivity index (χ1v) is 11.2. The van der Waals surface area contributed by atoms with Gasteiger partial charge in [-0.3, -0.25) is 0 Å². The van der Waals surface area contributed by atoms with Crippen molar-refractivity contribution in [1.82, 2.24) is 0 Å². The zero-order valence-electron chi connectivity index (χ0n) is 20.6. The standard InChI is InChI=1S/C23H40O6.CH4O/c1-8-17(24-4)16(3)22-18(28-22)13-11-9-10-12-15(2)21-19(25-5)14-20(26-6)23(27-7)29-21;1-2/h9-10,12,16-23H,8,11,13-14H2,1-7H3;2H,1H3/b10-9+,15-12+;. The summed E-state index contributed by atoms with van der Waals surface area (Å²) in [6, 6.07) is 0. The lowest BCUT2D eigenvalue weighted by molar-refractivity contribution is -0.256. The van der Waals surface area contributed by atoms with Crippen LogP contribution in [0.3, 0.4) is 0 Å². The number of hydrogen-bond donors (Lipinski definition) is 1. The van der Waals surface area contributed by atoms with Gasteiger partial charge in [0.1, 0.15) is 12.2 Å². The van der Waals surface area contributed by atoms with E-state index in [0.29, 0.717) is 18.1 Å². The first-order chi connectivity index (χ1) is 15.0. The average Bonchev–Trinajstić information content (AvgIpc) is 3.59. The van der Waals surface area contributed by atoms with E-state index in [1.165, 1.54) is 0 Å². The highest BCUT2D eigenvalue weighted by Crippen LogP contribution is 2.36. The van der Waals surface area contributed by atoms with Crippen molar-refractivity contribution in [3.63, 3.8) is 0 Å². The van der Waals surface area contributed by atoms with Crippen LogP contribution in [0.2, 0.25) is 0 Å². The second kappa shape index (κ2) is 15.1. The Morgan fingerprint density at radius 3 is 2.29 bits per heavy atom. The maximum atomic E-state index is 7.00. The Morgan fingerprint density at radius 1 is 1.06 bits per heavy atom. The molecule has 2 heterocycles. The molecule has 2 rings (SSSR count). The number of aliphatic hydroxyl groups is 1. The van der Waals surface area contributed by atoms with Crippen molar-refractivity contribution in [2.24, 2.45) is 5.92 Å². The molecule has 2 saturated heterocycles. The third-order valence-electron chi connectivity index (χ3n) is 6.22. The molecule has 2 aliphatic rings. The van der Waals surface area contributed by atoms with Gasteiger partial charge in [-0.2, -0.15) is 0 Å². The van der Waals surface area contributed by atoms with Crippen LogP contribution in [0.25, 0.3) is 0 Å². The van der Waals surface area contributed by atoms with E-state index in [2.05, 4.69) is 39.0 Å². The van der Waals surface area contributed by atoms with Crippen molar-refractivity contribution in [2.45, 2.75) is 89.4 Å². The molecule has 2 aliphatic heterocycles. The summed E-state index contributed by atoms with van der Waals surface area (Å²) >= 11 is 0. The monoisotopic (exact) mass is 444 g/mol. The highest BCUT2D eigenvalue weighted by molar-refractivity contribution is 5.17. The van der Waals surface area contributed by atoms with Gasteiger partial charge in [-0.15, -0.1) is 0 Å². The van der Waals surface area contributed by atoms with Gasteiger partial charge in [-0.25, -0.2) is 0 Å². The first kappa shape index (κ1) is 28.2. The molecule has 0 bridgehead atoms. The third-order valence-corrected chi connectivity index (χ3v) is 6.22. The normalized spacial score (nSPS) is 33.0. The Bertz CT molecular complexity index is 532. The van der Waals surface area contributed by atoms with E-state index in [0.717, 1.165) is 38.4 Å². The second-order valence-corrected chi connectivity index (χ2v) is 8.04. The molecular formula is C24H44O7. The Balaban J connectivity index is 0.00000233. The molecule has 0 aromatic carbocycles. The highest BCUT2D eigenvalue weighted by atomic mass is 16.7. The van der Waals surface area contributed by atoms with E-state index in [1.807, 2.05) is 0 Å². The van der Waals surface area contributed by atoms with Gasteiger partial charge in [0.05, 0.1) is 24.4 Å². The molecule has 1 N–H and O–H groups in total. The van der Waals surface area contributed by atoms with Crippen molar-refractivity contribution in [1.29, 1.82) is 0 Å². The highest BCUT2D eigenvalue weighted by Gasteiger charge is 2.44. The van der Waals surface area contributed by atoms with Crippen LogP contribution in [0.4, 0.5) is 0 Å². The van der Waals surface area contributed by atoms with Crippen LogP contribution in [0.5, 0.6) is 0 Å². The van der Waals surface area contributed by atoms with E-state index in [-0.39, 0.29) is 30.7 Å². The van der Waals surface area contributed by atoms with Gasteiger partial charge in [0.15, 0.2) is 6.29 Å². The topological polar surface area (TPSA) is 78.9 Å². The van der Waals surface area contributed by atoms with Gasteiger partial charge in [0.25, 0.3) is 0 Å². The Kier molecular flexibility index (Phi) is 13.8. The summed E-state index contributed by atoms with van der Waals surface area (Å²) in [5.41, 5.74) is 1.12. The number of epoxide rings is 1. The molecule has 0 spiro atoms. The van der Waals surface area contributed by atoms with Crippen molar-refractivity contribution in [3.05, 3.63) is 23.8 Å². The SMILES string of the molecule is CCC(OC)C(C)C1OC1CC/C=C/C=C(\C)C1OC(OC)C(OC)CC1OC.CO. The lowest BCUT2D eigenvalue weighted by Gasteiger charge is -2.39. The van der Waals surface area contributed by atoms with Gasteiger partial charge < -0.3 is 33.5 Å². The van der Waals surface area contributed by atoms with Crippen LogP contribution in [-0.2, 0) is 28.4 Å². The number of aliphatic hydroxyl groups excluding tert-OH is 1. The molecule has 0 amide bonds. The number of hydrogen-bond acceptors (Lipinski definition) is 7. The maximum absolute atomic E-state index is 7.00. The minimum Gasteiger partial charge on any atom is -0.400 e. The molecule has 8 atom stereocenters. The van der Waals surface area contributed by atoms with Gasteiger partial charge in [0, 0.05) is 47.9 Å². The third kappa shape index (κ3) is 8.24. The fourth-order valence-corrected chi connectivity index (χ4v) is 4.31. The van der Waals surface area contributed by atoms with Crippen LogP contribution < -0.4 is 0 Å². The summed E-state index contributed by atoms with van der Waals surface area (Å²) in [5.74, 6) is 0.445. The lowest BCUT2D eigenvalue weighted by Crippen LogP contribution is -2.49. The van der Waals surface area contributed by atoms with E-state index in [9.17, 15) is 0 Å². The molecule has 0 aromatic rings. The van der Waals surface area contributed by atoms with Crippen LogP contribution in [0.15, 0.2) is 23.8 Å². The van der Waals surface area contributed by atoms with Crippen molar-refractivity contribution in [2.75, 3.05) is 35.5 Å². The van der Waals surface area contributed by atoms with Crippen LogP contribution >= 0.6 is 0 Å². The smallest absolute Gasteiger partial charge is 0.184 e. The molecule has 31 heavy (non-hydrogen) atoms. The molecule has 182 valence electrons. The molecule has 0 aliphatic carbocycles. The summed E-state index contributed by atoms with van der Waals surface area (Å²) in [7, 11) is 7.81.